The highest BCUT2D eigenvalue weighted by Gasteiger charge is 2.14. The minimum atomic E-state index is 0.822. The molecule has 0 saturated carbocycles. The third-order valence-electron chi connectivity index (χ3n) is 5.93. The van der Waals surface area contributed by atoms with Crippen molar-refractivity contribution in [3.05, 3.63) is 60.2 Å². The fourth-order valence-electron chi connectivity index (χ4n) is 4.16. The summed E-state index contributed by atoms with van der Waals surface area (Å²) in [5.74, 6) is 1.88. The molecule has 1 aliphatic rings. The Hall–Kier alpha value is -2.02. The van der Waals surface area contributed by atoms with Gasteiger partial charge in [-0.2, -0.15) is 0 Å². The molecule has 0 aliphatic heterocycles. The van der Waals surface area contributed by atoms with Crippen molar-refractivity contribution in [1.82, 2.24) is 0 Å². The molecule has 0 heterocycles. The SMILES string of the molecule is CCCCCCOc1ccc(-c2ccc(C3=CCC(CCC)CC3)cc2)cc1. The topological polar surface area (TPSA) is 9.23 Å². The van der Waals surface area contributed by atoms with E-state index in [0.717, 1.165) is 24.7 Å². The third kappa shape index (κ3) is 5.99. The molecule has 1 heteroatoms. The van der Waals surface area contributed by atoms with Crippen LogP contribution in [-0.4, -0.2) is 6.61 Å². The fraction of sp³-hybridized carbons (Fsp3) is 0.481. The van der Waals surface area contributed by atoms with Crippen LogP contribution in [0.1, 0.15) is 77.2 Å². The Labute approximate surface area is 171 Å². The van der Waals surface area contributed by atoms with Gasteiger partial charge in [-0.3, -0.25) is 0 Å². The second-order valence-electron chi connectivity index (χ2n) is 8.17. The summed E-state index contributed by atoms with van der Waals surface area (Å²) in [6, 6.07) is 17.6. The van der Waals surface area contributed by atoms with Gasteiger partial charge in [0.2, 0.25) is 0 Å². The highest BCUT2D eigenvalue weighted by molar-refractivity contribution is 5.71. The molecule has 0 fully saturated rings. The molecule has 150 valence electrons. The van der Waals surface area contributed by atoms with Crippen molar-refractivity contribution in [3.8, 4) is 16.9 Å². The van der Waals surface area contributed by atoms with Crippen LogP contribution in [0.15, 0.2) is 54.6 Å². The summed E-state index contributed by atoms with van der Waals surface area (Å²) in [5.41, 5.74) is 5.46. The van der Waals surface area contributed by atoms with E-state index in [-0.39, 0.29) is 0 Å². The number of unbranched alkanes of at least 4 members (excludes halogenated alkanes) is 3. The van der Waals surface area contributed by atoms with Gasteiger partial charge in [-0.15, -0.1) is 0 Å². The molecule has 0 spiro atoms. The standard InChI is InChI=1S/C27H36O/c1-3-5-6-7-21-28-27-19-17-26(18-20-27)25-15-13-24(14-16-25)23-11-9-22(8-4-2)10-12-23/h11,13-20,22H,3-10,12,21H2,1-2H3. The van der Waals surface area contributed by atoms with E-state index in [4.69, 9.17) is 4.74 Å². The normalized spacial score (nSPS) is 16.6. The van der Waals surface area contributed by atoms with Crippen molar-refractivity contribution >= 4 is 5.57 Å². The highest BCUT2D eigenvalue weighted by atomic mass is 16.5. The maximum atomic E-state index is 5.86. The van der Waals surface area contributed by atoms with E-state index in [2.05, 4.69) is 68.5 Å². The highest BCUT2D eigenvalue weighted by Crippen LogP contribution is 2.33. The molecule has 0 bridgehead atoms. The number of hydrogen-bond acceptors (Lipinski definition) is 1. The Morgan fingerprint density at radius 3 is 2.07 bits per heavy atom. The molecule has 0 amide bonds. The first kappa shape index (κ1) is 20.7. The smallest absolute Gasteiger partial charge is 0.119 e. The van der Waals surface area contributed by atoms with Gasteiger partial charge in [-0.25, -0.2) is 0 Å². The van der Waals surface area contributed by atoms with E-state index in [1.807, 2.05) is 0 Å². The van der Waals surface area contributed by atoms with Gasteiger partial charge in [0.15, 0.2) is 0 Å². The van der Waals surface area contributed by atoms with Crippen LogP contribution in [0.4, 0.5) is 0 Å². The van der Waals surface area contributed by atoms with Crippen LogP contribution in [-0.2, 0) is 0 Å². The summed E-state index contributed by atoms with van der Waals surface area (Å²) in [6.07, 6.45) is 14.0. The predicted octanol–water partition coefficient (Wildman–Crippen LogP) is 8.30. The van der Waals surface area contributed by atoms with Crippen molar-refractivity contribution in [2.24, 2.45) is 5.92 Å². The van der Waals surface area contributed by atoms with E-state index in [0.29, 0.717) is 0 Å². The zero-order valence-electron chi connectivity index (χ0n) is 17.8. The number of rotatable bonds is 10. The van der Waals surface area contributed by atoms with E-state index >= 15 is 0 Å². The molecule has 0 N–H and O–H groups in total. The molecule has 1 aliphatic carbocycles. The molecule has 0 aromatic heterocycles. The molecular formula is C27H36O. The van der Waals surface area contributed by atoms with Gasteiger partial charge in [0.1, 0.15) is 5.75 Å². The first-order valence-corrected chi connectivity index (χ1v) is 11.3. The molecule has 28 heavy (non-hydrogen) atoms. The molecule has 1 atom stereocenters. The van der Waals surface area contributed by atoms with E-state index < -0.39 is 0 Å². The quantitative estimate of drug-likeness (QED) is 0.379. The van der Waals surface area contributed by atoms with Gasteiger partial charge in [0.25, 0.3) is 0 Å². The van der Waals surface area contributed by atoms with E-state index in [9.17, 15) is 0 Å². The second-order valence-corrected chi connectivity index (χ2v) is 8.17. The Kier molecular flexibility index (Phi) is 8.21. The maximum Gasteiger partial charge on any atom is 0.119 e. The summed E-state index contributed by atoms with van der Waals surface area (Å²) in [7, 11) is 0. The molecular weight excluding hydrogens is 340 g/mol. The molecule has 3 rings (SSSR count). The van der Waals surface area contributed by atoms with Crippen molar-refractivity contribution in [1.29, 1.82) is 0 Å². The van der Waals surface area contributed by atoms with Gasteiger partial charge in [0.05, 0.1) is 6.61 Å². The lowest BCUT2D eigenvalue weighted by Crippen LogP contribution is -2.04. The van der Waals surface area contributed by atoms with Gasteiger partial charge >= 0.3 is 0 Å². The molecule has 0 saturated heterocycles. The van der Waals surface area contributed by atoms with Crippen LogP contribution >= 0.6 is 0 Å². The van der Waals surface area contributed by atoms with E-state index in [1.165, 1.54) is 73.6 Å². The number of hydrogen-bond donors (Lipinski definition) is 0. The molecule has 2 aromatic carbocycles. The lowest BCUT2D eigenvalue weighted by Gasteiger charge is -2.21. The predicted molar refractivity (Wildman–Crippen MR) is 122 cm³/mol. The van der Waals surface area contributed by atoms with Gasteiger partial charge in [-0.1, -0.05) is 88.4 Å². The average Bonchev–Trinajstić information content (AvgIpc) is 2.75. The molecule has 2 aromatic rings. The first-order chi connectivity index (χ1) is 13.8. The minimum absolute atomic E-state index is 0.822. The van der Waals surface area contributed by atoms with Crippen LogP contribution < -0.4 is 4.74 Å². The monoisotopic (exact) mass is 376 g/mol. The molecule has 1 unspecified atom stereocenters. The Bertz CT molecular complexity index is 724. The summed E-state index contributed by atoms with van der Waals surface area (Å²) >= 11 is 0. The summed E-state index contributed by atoms with van der Waals surface area (Å²) in [4.78, 5) is 0. The van der Waals surface area contributed by atoms with Gasteiger partial charge in [0, 0.05) is 0 Å². The number of ether oxygens (including phenoxy) is 1. The second kappa shape index (κ2) is 11.1. The minimum Gasteiger partial charge on any atom is -0.494 e. The zero-order chi connectivity index (χ0) is 19.6. The summed E-state index contributed by atoms with van der Waals surface area (Å²) in [5, 5.41) is 0. The molecule has 1 nitrogen and oxygen atoms in total. The zero-order valence-corrected chi connectivity index (χ0v) is 17.8. The number of benzene rings is 2. The van der Waals surface area contributed by atoms with Crippen molar-refractivity contribution in [2.45, 2.75) is 71.6 Å². The van der Waals surface area contributed by atoms with E-state index in [1.54, 1.807) is 0 Å². The van der Waals surface area contributed by atoms with Crippen molar-refractivity contribution < 1.29 is 4.74 Å². The maximum absolute atomic E-state index is 5.86. The van der Waals surface area contributed by atoms with Crippen LogP contribution in [0.25, 0.3) is 16.7 Å². The largest absolute Gasteiger partial charge is 0.494 e. The summed E-state index contributed by atoms with van der Waals surface area (Å²) in [6.45, 7) is 5.35. The van der Waals surface area contributed by atoms with Crippen molar-refractivity contribution in [3.63, 3.8) is 0 Å². The van der Waals surface area contributed by atoms with Gasteiger partial charge < -0.3 is 4.74 Å². The first-order valence-electron chi connectivity index (χ1n) is 11.3. The Morgan fingerprint density at radius 1 is 0.786 bits per heavy atom. The van der Waals surface area contributed by atoms with Crippen molar-refractivity contribution in [2.75, 3.05) is 6.61 Å². The van der Waals surface area contributed by atoms with Gasteiger partial charge in [-0.05, 0) is 66.0 Å². The van der Waals surface area contributed by atoms with Crippen LogP contribution in [0, 0.1) is 5.92 Å². The Morgan fingerprint density at radius 2 is 1.46 bits per heavy atom. The molecule has 0 radical (unpaired) electrons. The van der Waals surface area contributed by atoms with Crippen LogP contribution in [0.5, 0.6) is 5.75 Å². The van der Waals surface area contributed by atoms with Crippen LogP contribution in [0.2, 0.25) is 0 Å². The van der Waals surface area contributed by atoms with Crippen LogP contribution in [0.3, 0.4) is 0 Å². The third-order valence-corrected chi connectivity index (χ3v) is 5.93. The fourth-order valence-corrected chi connectivity index (χ4v) is 4.16. The average molecular weight is 377 g/mol. The lowest BCUT2D eigenvalue weighted by atomic mass is 9.84. The lowest BCUT2D eigenvalue weighted by molar-refractivity contribution is 0.305. The number of allylic oxidation sites excluding steroid dienone is 2. The summed E-state index contributed by atoms with van der Waals surface area (Å²) < 4.78 is 5.86. The Balaban J connectivity index is 1.55.